The fraction of sp³-hybridized carbons (Fsp3) is 0.273. The highest BCUT2D eigenvalue weighted by molar-refractivity contribution is 5.94. The van der Waals surface area contributed by atoms with E-state index in [9.17, 15) is 4.79 Å². The highest BCUT2D eigenvalue weighted by atomic mass is 16.1. The first kappa shape index (κ1) is 17.5. The molecule has 3 aromatic rings. The van der Waals surface area contributed by atoms with Crippen molar-refractivity contribution in [3.05, 3.63) is 83.4 Å². The summed E-state index contributed by atoms with van der Waals surface area (Å²) in [6, 6.07) is 14.1. The summed E-state index contributed by atoms with van der Waals surface area (Å²) >= 11 is 0. The van der Waals surface area contributed by atoms with E-state index in [1.807, 2.05) is 35.0 Å². The van der Waals surface area contributed by atoms with Gasteiger partial charge in [-0.25, -0.2) is 4.98 Å². The van der Waals surface area contributed by atoms with Gasteiger partial charge in [-0.1, -0.05) is 32.0 Å². The van der Waals surface area contributed by atoms with Gasteiger partial charge in [0.15, 0.2) is 0 Å². The van der Waals surface area contributed by atoms with E-state index in [-0.39, 0.29) is 11.9 Å². The summed E-state index contributed by atoms with van der Waals surface area (Å²) in [4.78, 5) is 16.8. The van der Waals surface area contributed by atoms with Crippen molar-refractivity contribution in [1.29, 1.82) is 0 Å². The van der Waals surface area contributed by atoms with E-state index < -0.39 is 0 Å². The summed E-state index contributed by atoms with van der Waals surface area (Å²) in [7, 11) is 0. The van der Waals surface area contributed by atoms with E-state index in [0.29, 0.717) is 11.5 Å². The lowest BCUT2D eigenvalue weighted by atomic mass is 9.91. The fourth-order valence-corrected chi connectivity index (χ4v) is 3.51. The highest BCUT2D eigenvalue weighted by Crippen LogP contribution is 2.26. The van der Waals surface area contributed by atoms with Gasteiger partial charge in [0.2, 0.25) is 0 Å². The maximum atomic E-state index is 12.7. The van der Waals surface area contributed by atoms with Crippen molar-refractivity contribution in [1.82, 2.24) is 20.2 Å². The third-order valence-corrected chi connectivity index (χ3v) is 5.11. The molecule has 27 heavy (non-hydrogen) atoms. The zero-order chi connectivity index (χ0) is 18.8. The molecule has 1 atom stereocenters. The molecule has 0 spiro atoms. The molecule has 0 aliphatic carbocycles. The van der Waals surface area contributed by atoms with E-state index >= 15 is 0 Å². The number of aromatic nitrogens is 2. The zero-order valence-electron chi connectivity index (χ0n) is 15.6. The Morgan fingerprint density at radius 3 is 2.74 bits per heavy atom. The molecule has 2 aromatic carbocycles. The summed E-state index contributed by atoms with van der Waals surface area (Å²) in [6.45, 7) is 5.99. The van der Waals surface area contributed by atoms with E-state index in [0.717, 1.165) is 18.8 Å². The molecule has 138 valence electrons. The number of nitrogens with one attached hydrogen (secondary N) is 2. The summed E-state index contributed by atoms with van der Waals surface area (Å²) in [5.74, 6) is 0.444. The molecule has 4 rings (SSSR count). The molecule has 2 heterocycles. The lowest BCUT2D eigenvalue weighted by Gasteiger charge is -2.28. The molecule has 1 aliphatic heterocycles. The van der Waals surface area contributed by atoms with Crippen LogP contribution in [-0.4, -0.2) is 22.0 Å². The predicted molar refractivity (Wildman–Crippen MR) is 106 cm³/mol. The van der Waals surface area contributed by atoms with Crippen LogP contribution in [0, 0.1) is 0 Å². The van der Waals surface area contributed by atoms with Crippen LogP contribution in [0.5, 0.6) is 0 Å². The van der Waals surface area contributed by atoms with Gasteiger partial charge in [-0.2, -0.15) is 0 Å². The molecule has 1 unspecified atom stereocenters. The molecule has 1 amide bonds. The summed E-state index contributed by atoms with van der Waals surface area (Å²) < 4.78 is 1.91. The standard InChI is InChI=1S/C22H24N4O/c1-15(2)17-5-8-20-18(11-17)12-24-13-21(20)25-22(27)16-3-6-19(7-4-16)26-10-9-23-14-26/h3-11,14-15,21,24H,12-13H2,1-2H3,(H,25,27). The maximum absolute atomic E-state index is 12.7. The normalized spacial score (nSPS) is 16.2. The van der Waals surface area contributed by atoms with Crippen LogP contribution >= 0.6 is 0 Å². The maximum Gasteiger partial charge on any atom is 0.251 e. The second kappa shape index (κ2) is 7.37. The first-order valence-electron chi connectivity index (χ1n) is 9.34. The molecular formula is C22H24N4O. The average Bonchev–Trinajstić information content (AvgIpc) is 3.22. The molecule has 0 saturated heterocycles. The van der Waals surface area contributed by atoms with Gasteiger partial charge < -0.3 is 15.2 Å². The SMILES string of the molecule is CC(C)c1ccc2c(c1)CNCC2NC(=O)c1ccc(-n2ccnc2)cc1. The molecule has 0 saturated carbocycles. The molecule has 5 heteroatoms. The van der Waals surface area contributed by atoms with Crippen molar-refractivity contribution in [2.75, 3.05) is 6.54 Å². The van der Waals surface area contributed by atoms with Gasteiger partial charge in [0, 0.05) is 36.7 Å². The number of benzene rings is 2. The molecule has 0 bridgehead atoms. The topological polar surface area (TPSA) is 58.9 Å². The quantitative estimate of drug-likeness (QED) is 0.748. The minimum absolute atomic E-state index is 0.0178. The van der Waals surface area contributed by atoms with Crippen molar-refractivity contribution in [2.45, 2.75) is 32.4 Å². The third kappa shape index (κ3) is 3.64. The van der Waals surface area contributed by atoms with Crippen LogP contribution in [-0.2, 0) is 6.54 Å². The van der Waals surface area contributed by atoms with Gasteiger partial charge in [0.1, 0.15) is 0 Å². The van der Waals surface area contributed by atoms with E-state index in [2.05, 4.69) is 47.7 Å². The molecule has 0 fully saturated rings. The Hall–Kier alpha value is -2.92. The Balaban J connectivity index is 1.50. The Bertz CT molecular complexity index is 929. The second-order valence-electron chi connectivity index (χ2n) is 7.29. The smallest absolute Gasteiger partial charge is 0.251 e. The third-order valence-electron chi connectivity index (χ3n) is 5.11. The predicted octanol–water partition coefficient (Wildman–Crippen LogP) is 3.57. The molecule has 1 aliphatic rings. The first-order chi connectivity index (χ1) is 13.1. The Labute approximate surface area is 159 Å². The van der Waals surface area contributed by atoms with Gasteiger partial charge in [-0.05, 0) is 46.9 Å². The Morgan fingerprint density at radius 1 is 1.22 bits per heavy atom. The van der Waals surface area contributed by atoms with Gasteiger partial charge in [0.05, 0.1) is 12.4 Å². The minimum Gasteiger partial charge on any atom is -0.344 e. The van der Waals surface area contributed by atoms with Gasteiger partial charge in [-0.3, -0.25) is 4.79 Å². The Morgan fingerprint density at radius 2 is 2.04 bits per heavy atom. The number of imidazole rings is 1. The molecule has 5 nitrogen and oxygen atoms in total. The Kier molecular flexibility index (Phi) is 4.77. The first-order valence-corrected chi connectivity index (χ1v) is 9.34. The monoisotopic (exact) mass is 360 g/mol. The molecule has 2 N–H and O–H groups in total. The number of fused-ring (bicyclic) bond motifs is 1. The van der Waals surface area contributed by atoms with Crippen molar-refractivity contribution >= 4 is 5.91 Å². The fourth-order valence-electron chi connectivity index (χ4n) is 3.51. The number of carbonyl (C=O) groups excluding carboxylic acids is 1. The van der Waals surface area contributed by atoms with Crippen molar-refractivity contribution in [3.63, 3.8) is 0 Å². The van der Waals surface area contributed by atoms with Crippen molar-refractivity contribution in [3.8, 4) is 5.69 Å². The number of carbonyl (C=O) groups is 1. The van der Waals surface area contributed by atoms with Crippen LogP contribution in [0.4, 0.5) is 0 Å². The average molecular weight is 360 g/mol. The van der Waals surface area contributed by atoms with Crippen molar-refractivity contribution < 1.29 is 4.79 Å². The van der Waals surface area contributed by atoms with Crippen LogP contribution < -0.4 is 10.6 Å². The van der Waals surface area contributed by atoms with E-state index in [1.54, 1.807) is 12.5 Å². The van der Waals surface area contributed by atoms with Crippen LogP contribution in [0.2, 0.25) is 0 Å². The molecular weight excluding hydrogens is 336 g/mol. The number of hydrogen-bond donors (Lipinski definition) is 2. The largest absolute Gasteiger partial charge is 0.344 e. The van der Waals surface area contributed by atoms with Crippen LogP contribution in [0.3, 0.4) is 0 Å². The van der Waals surface area contributed by atoms with Gasteiger partial charge in [0.25, 0.3) is 5.91 Å². The number of amides is 1. The van der Waals surface area contributed by atoms with Crippen LogP contribution in [0.25, 0.3) is 5.69 Å². The highest BCUT2D eigenvalue weighted by Gasteiger charge is 2.22. The van der Waals surface area contributed by atoms with Crippen LogP contribution in [0.1, 0.15) is 52.9 Å². The van der Waals surface area contributed by atoms with Gasteiger partial charge >= 0.3 is 0 Å². The van der Waals surface area contributed by atoms with Gasteiger partial charge in [-0.15, -0.1) is 0 Å². The minimum atomic E-state index is -0.0558. The number of hydrogen-bond acceptors (Lipinski definition) is 3. The number of rotatable bonds is 4. The lowest BCUT2D eigenvalue weighted by molar-refractivity contribution is 0.0934. The second-order valence-corrected chi connectivity index (χ2v) is 7.29. The molecule has 0 radical (unpaired) electrons. The van der Waals surface area contributed by atoms with Crippen molar-refractivity contribution in [2.24, 2.45) is 0 Å². The summed E-state index contributed by atoms with van der Waals surface area (Å²) in [6.07, 6.45) is 5.36. The number of nitrogens with zero attached hydrogens (tertiary/aromatic N) is 2. The summed E-state index contributed by atoms with van der Waals surface area (Å²) in [5, 5.41) is 6.59. The van der Waals surface area contributed by atoms with Crippen LogP contribution in [0.15, 0.2) is 61.2 Å². The lowest BCUT2D eigenvalue weighted by Crippen LogP contribution is -2.39. The van der Waals surface area contributed by atoms with E-state index in [1.165, 1.54) is 16.7 Å². The molecule has 1 aromatic heterocycles. The zero-order valence-corrected chi connectivity index (χ0v) is 15.6. The van der Waals surface area contributed by atoms with E-state index in [4.69, 9.17) is 0 Å². The summed E-state index contributed by atoms with van der Waals surface area (Å²) in [5.41, 5.74) is 5.45.